The second-order valence-corrected chi connectivity index (χ2v) is 10.3. The van der Waals surface area contributed by atoms with Crippen LogP contribution in [0.1, 0.15) is 53.8 Å². The van der Waals surface area contributed by atoms with Gasteiger partial charge in [-0.15, -0.1) is 0 Å². The maximum atomic E-state index is 13.0. The number of rotatable bonds is 9. The molecule has 1 aliphatic heterocycles. The third-order valence-corrected chi connectivity index (χ3v) is 7.15. The van der Waals surface area contributed by atoms with Crippen LogP contribution in [0, 0.1) is 0 Å². The van der Waals surface area contributed by atoms with E-state index in [1.54, 1.807) is 0 Å². The number of carboxylic acids is 1. The van der Waals surface area contributed by atoms with Crippen molar-refractivity contribution >= 4 is 34.4 Å². The average molecular weight is 602 g/mol. The van der Waals surface area contributed by atoms with Crippen LogP contribution < -0.4 is 10.1 Å². The third kappa shape index (κ3) is 8.56. The fourth-order valence-electron chi connectivity index (χ4n) is 4.78. The van der Waals surface area contributed by atoms with Crippen molar-refractivity contribution in [2.24, 2.45) is 0 Å². The van der Waals surface area contributed by atoms with Crippen LogP contribution in [0.4, 0.5) is 13.2 Å². The van der Waals surface area contributed by atoms with Crippen molar-refractivity contribution in [1.29, 1.82) is 0 Å². The molecule has 0 saturated carbocycles. The summed E-state index contributed by atoms with van der Waals surface area (Å²) in [5.74, 6) is -1.15. The van der Waals surface area contributed by atoms with Gasteiger partial charge in [0.05, 0.1) is 11.0 Å². The van der Waals surface area contributed by atoms with Gasteiger partial charge in [-0.2, -0.15) is 13.2 Å². The zero-order chi connectivity index (χ0) is 30.1. The molecular weight excluding hydrogens is 571 g/mol. The Hall–Kier alpha value is -3.89. The van der Waals surface area contributed by atoms with Crippen molar-refractivity contribution < 1.29 is 32.6 Å². The number of hydrogen-bond donors (Lipinski definition) is 2. The summed E-state index contributed by atoms with van der Waals surface area (Å²) in [5, 5.41) is 11.4. The van der Waals surface area contributed by atoms with Gasteiger partial charge in [0.2, 0.25) is 0 Å². The molecule has 1 unspecified atom stereocenters. The zero-order valence-corrected chi connectivity index (χ0v) is 23.5. The Bertz CT molecular complexity index is 1490. The van der Waals surface area contributed by atoms with Crippen LogP contribution in [0.2, 0.25) is 5.02 Å². The van der Waals surface area contributed by atoms with E-state index in [1.807, 2.05) is 72.8 Å². The Morgan fingerprint density at radius 1 is 1.02 bits per heavy atom. The molecule has 1 aromatic heterocycles. The molecule has 1 atom stereocenters. The minimum Gasteiger partial charge on any atom is -0.486 e. The van der Waals surface area contributed by atoms with Gasteiger partial charge in [-0.25, -0.2) is 9.78 Å². The molecule has 0 bridgehead atoms. The van der Waals surface area contributed by atoms with Crippen LogP contribution in [0.5, 0.6) is 5.75 Å². The van der Waals surface area contributed by atoms with Gasteiger partial charge in [-0.1, -0.05) is 48.4 Å². The number of nitrogens with zero attached hydrogens (tertiary/aromatic N) is 2. The fraction of sp³-hybridized carbons (Fsp3) is 0.323. The highest BCUT2D eigenvalue weighted by Crippen LogP contribution is 2.24. The van der Waals surface area contributed by atoms with E-state index in [1.165, 1.54) is 19.3 Å². The zero-order valence-electron chi connectivity index (χ0n) is 22.7. The lowest BCUT2D eigenvalue weighted by Gasteiger charge is -2.23. The second kappa shape index (κ2) is 14.3. The minimum absolute atomic E-state index is 0.00406. The number of halogens is 4. The van der Waals surface area contributed by atoms with Crippen LogP contribution in [-0.4, -0.2) is 45.2 Å². The van der Waals surface area contributed by atoms with Crippen molar-refractivity contribution in [1.82, 2.24) is 14.9 Å². The molecule has 2 heterocycles. The predicted octanol–water partition coefficient (Wildman–Crippen LogP) is 7.06. The lowest BCUT2D eigenvalue weighted by molar-refractivity contribution is -0.192. The quantitative estimate of drug-likeness (QED) is 0.200. The van der Waals surface area contributed by atoms with Gasteiger partial charge in [-0.3, -0.25) is 4.79 Å². The van der Waals surface area contributed by atoms with E-state index >= 15 is 0 Å². The van der Waals surface area contributed by atoms with E-state index in [2.05, 4.69) is 9.88 Å². The largest absolute Gasteiger partial charge is 0.490 e. The Morgan fingerprint density at radius 3 is 2.38 bits per heavy atom. The standard InChI is InChI=1S/C29H30ClN3O2.C2HF3O2/c30-23-12-14-25(15-13-23)35-20-28-32-26-19-22(29(34)21-7-2-1-3-8-21)11-16-27(26)33(28)18-6-10-24-9-4-5-17-31-24;3-2(4,5)1(6)7/h1-3,7-8,11-16,19,24,31H,4-6,9-10,17-18,20H2;(H,6,7). The maximum Gasteiger partial charge on any atom is 0.490 e. The van der Waals surface area contributed by atoms with Gasteiger partial charge in [0, 0.05) is 28.7 Å². The van der Waals surface area contributed by atoms with Crippen LogP contribution in [0.25, 0.3) is 11.0 Å². The highest BCUT2D eigenvalue weighted by atomic mass is 35.5. The number of aliphatic carboxylic acids is 1. The summed E-state index contributed by atoms with van der Waals surface area (Å²) in [6.07, 6.45) is 0.953. The summed E-state index contributed by atoms with van der Waals surface area (Å²) in [4.78, 5) is 26.8. The van der Waals surface area contributed by atoms with Crippen molar-refractivity contribution in [3.05, 3.63) is 94.8 Å². The highest BCUT2D eigenvalue weighted by Gasteiger charge is 2.38. The van der Waals surface area contributed by atoms with Gasteiger partial charge in [0.15, 0.2) is 5.78 Å². The number of aromatic nitrogens is 2. The Labute approximate surface area is 246 Å². The monoisotopic (exact) mass is 601 g/mol. The molecule has 222 valence electrons. The van der Waals surface area contributed by atoms with Crippen molar-refractivity contribution in [2.45, 2.75) is 57.5 Å². The van der Waals surface area contributed by atoms with Crippen LogP contribution in [-0.2, 0) is 17.9 Å². The number of ether oxygens (including phenoxy) is 1. The molecule has 0 spiro atoms. The van der Waals surface area contributed by atoms with Crippen molar-refractivity contribution in [3.8, 4) is 5.75 Å². The molecule has 1 aliphatic rings. The lowest BCUT2D eigenvalue weighted by atomic mass is 10.0. The summed E-state index contributed by atoms with van der Waals surface area (Å²) in [6, 6.07) is 23.1. The van der Waals surface area contributed by atoms with Gasteiger partial charge in [0.25, 0.3) is 0 Å². The Morgan fingerprint density at radius 2 is 1.74 bits per heavy atom. The number of nitrogens with one attached hydrogen (secondary N) is 1. The minimum atomic E-state index is -5.08. The number of hydrogen-bond acceptors (Lipinski definition) is 5. The number of piperidine rings is 1. The van der Waals surface area contributed by atoms with Crippen LogP contribution in [0.15, 0.2) is 72.8 Å². The number of benzene rings is 3. The number of aryl methyl sites for hydroxylation is 1. The summed E-state index contributed by atoms with van der Waals surface area (Å²) in [5.41, 5.74) is 3.17. The number of fused-ring (bicyclic) bond motifs is 1. The number of carbonyl (C=O) groups is 2. The number of alkyl halides is 3. The molecule has 0 aliphatic carbocycles. The van der Waals surface area contributed by atoms with Crippen molar-refractivity contribution in [2.75, 3.05) is 6.54 Å². The molecule has 3 aromatic carbocycles. The first-order chi connectivity index (χ1) is 20.1. The second-order valence-electron chi connectivity index (χ2n) is 9.91. The molecule has 42 heavy (non-hydrogen) atoms. The average Bonchev–Trinajstić information content (AvgIpc) is 3.34. The fourth-order valence-corrected chi connectivity index (χ4v) is 4.91. The van der Waals surface area contributed by atoms with E-state index in [-0.39, 0.29) is 5.78 Å². The Balaban J connectivity index is 0.000000517. The third-order valence-electron chi connectivity index (χ3n) is 6.90. The maximum absolute atomic E-state index is 13.0. The van der Waals surface area contributed by atoms with Crippen molar-refractivity contribution in [3.63, 3.8) is 0 Å². The van der Waals surface area contributed by atoms with E-state index in [0.29, 0.717) is 28.8 Å². The summed E-state index contributed by atoms with van der Waals surface area (Å²) in [7, 11) is 0. The smallest absolute Gasteiger partial charge is 0.486 e. The molecule has 7 nitrogen and oxygen atoms in total. The molecule has 4 aromatic rings. The molecule has 1 fully saturated rings. The van der Waals surface area contributed by atoms with Gasteiger partial charge in [-0.05, 0) is 74.7 Å². The molecule has 2 N–H and O–H groups in total. The first kappa shape index (κ1) is 31.1. The molecule has 5 rings (SSSR count). The van der Waals surface area contributed by atoms with E-state index in [0.717, 1.165) is 48.5 Å². The van der Waals surface area contributed by atoms with Gasteiger partial charge < -0.3 is 19.7 Å². The number of ketones is 1. The van der Waals surface area contributed by atoms with Gasteiger partial charge in [0.1, 0.15) is 18.2 Å². The Kier molecular flexibility index (Phi) is 10.6. The molecule has 1 saturated heterocycles. The number of imidazole rings is 1. The van der Waals surface area contributed by atoms with Crippen LogP contribution >= 0.6 is 11.6 Å². The topological polar surface area (TPSA) is 93.4 Å². The first-order valence-corrected chi connectivity index (χ1v) is 14.0. The lowest BCUT2D eigenvalue weighted by Crippen LogP contribution is -2.34. The normalized spacial score (nSPS) is 15.1. The SMILES string of the molecule is O=C(O)C(F)(F)F.O=C(c1ccccc1)c1ccc2c(c1)nc(COc1ccc(Cl)cc1)n2CCCC1CCCCN1. The molecular formula is C31H31ClF3N3O4. The summed E-state index contributed by atoms with van der Waals surface area (Å²) in [6.45, 7) is 2.33. The van der Waals surface area contributed by atoms with Gasteiger partial charge >= 0.3 is 12.1 Å². The van der Waals surface area contributed by atoms with Crippen LogP contribution in [0.3, 0.4) is 0 Å². The number of carboxylic acid groups (broad SMARTS) is 1. The predicted molar refractivity (Wildman–Crippen MR) is 154 cm³/mol. The highest BCUT2D eigenvalue weighted by molar-refractivity contribution is 6.30. The van der Waals surface area contributed by atoms with E-state index < -0.39 is 12.1 Å². The summed E-state index contributed by atoms with van der Waals surface area (Å²) >= 11 is 6.01. The van der Waals surface area contributed by atoms with E-state index in [9.17, 15) is 18.0 Å². The molecule has 0 radical (unpaired) electrons. The molecule has 11 heteroatoms. The van der Waals surface area contributed by atoms with E-state index in [4.69, 9.17) is 31.2 Å². The first-order valence-electron chi connectivity index (χ1n) is 13.6. The summed E-state index contributed by atoms with van der Waals surface area (Å²) < 4.78 is 40.0. The number of carbonyl (C=O) groups excluding carboxylic acids is 1. The molecule has 0 amide bonds.